The van der Waals surface area contributed by atoms with Crippen molar-refractivity contribution >= 4 is 23.4 Å². The first-order valence-corrected chi connectivity index (χ1v) is 18.8. The van der Waals surface area contributed by atoms with Gasteiger partial charge in [0, 0.05) is 66.2 Å². The number of nitrogens with zero attached hydrogens (tertiary/aromatic N) is 3. The number of rotatable bonds is 14. The van der Waals surface area contributed by atoms with Crippen LogP contribution in [0.15, 0.2) is 85.5 Å². The van der Waals surface area contributed by atoms with Gasteiger partial charge in [-0.05, 0) is 99.4 Å². The Bertz CT molecular complexity index is 1780. The number of fused-ring (bicyclic) bond motifs is 3. The topological polar surface area (TPSA) is 85.7 Å². The molecule has 4 aromatic rings. The second kappa shape index (κ2) is 16.5. The van der Waals surface area contributed by atoms with Crippen molar-refractivity contribution in [2.75, 3.05) is 6.54 Å². The highest BCUT2D eigenvalue weighted by atomic mass is 35.5. The van der Waals surface area contributed by atoms with Gasteiger partial charge >= 0.3 is 0 Å². The molecule has 0 aliphatic carbocycles. The third-order valence-corrected chi connectivity index (χ3v) is 10.8. The molecular formula is C42H51ClN4O4. The molecule has 6 rings (SSSR count). The zero-order valence-electron chi connectivity index (χ0n) is 30.3. The molecule has 2 aliphatic heterocycles. The van der Waals surface area contributed by atoms with Crippen molar-refractivity contribution in [1.82, 2.24) is 19.8 Å². The summed E-state index contributed by atoms with van der Waals surface area (Å²) >= 11 is 6.47. The van der Waals surface area contributed by atoms with Gasteiger partial charge in [0.1, 0.15) is 11.4 Å². The van der Waals surface area contributed by atoms with Crippen LogP contribution in [0.2, 0.25) is 5.02 Å². The van der Waals surface area contributed by atoms with Crippen molar-refractivity contribution in [3.63, 3.8) is 0 Å². The fourth-order valence-electron chi connectivity index (χ4n) is 7.50. The summed E-state index contributed by atoms with van der Waals surface area (Å²) in [6, 6.07) is 20.8. The molecule has 270 valence electrons. The van der Waals surface area contributed by atoms with E-state index in [1.807, 2.05) is 82.4 Å². The molecule has 1 saturated heterocycles. The predicted molar refractivity (Wildman–Crippen MR) is 201 cm³/mol. The third kappa shape index (κ3) is 9.03. The average molecular weight is 711 g/mol. The largest absolute Gasteiger partial charge is 0.487 e. The van der Waals surface area contributed by atoms with Crippen molar-refractivity contribution in [3.05, 3.63) is 118 Å². The first-order valence-electron chi connectivity index (χ1n) is 18.4. The van der Waals surface area contributed by atoms with Crippen LogP contribution in [-0.2, 0) is 24.4 Å². The zero-order valence-corrected chi connectivity index (χ0v) is 31.1. The maximum Gasteiger partial charge on any atom is 0.254 e. The fraction of sp³-hybridized carbons (Fsp3) is 0.452. The lowest BCUT2D eigenvalue weighted by atomic mass is 9.72. The van der Waals surface area contributed by atoms with Gasteiger partial charge in [-0.15, -0.1) is 0 Å². The number of benzene rings is 3. The lowest BCUT2D eigenvalue weighted by Gasteiger charge is -2.50. The van der Waals surface area contributed by atoms with Crippen LogP contribution in [0.3, 0.4) is 0 Å². The second-order valence-electron chi connectivity index (χ2n) is 14.9. The molecule has 2 amide bonds. The monoisotopic (exact) mass is 710 g/mol. The molecule has 1 fully saturated rings. The molecule has 0 unspecified atom stereocenters. The summed E-state index contributed by atoms with van der Waals surface area (Å²) in [5.74, 6) is 1.49. The van der Waals surface area contributed by atoms with Gasteiger partial charge < -0.3 is 24.3 Å². The molecule has 0 spiro atoms. The summed E-state index contributed by atoms with van der Waals surface area (Å²) in [5, 5.41) is 3.71. The maximum atomic E-state index is 13.7. The summed E-state index contributed by atoms with van der Waals surface area (Å²) in [6.07, 6.45) is 11.6. The van der Waals surface area contributed by atoms with E-state index < -0.39 is 0 Å². The van der Waals surface area contributed by atoms with Gasteiger partial charge in [-0.2, -0.15) is 0 Å². The van der Waals surface area contributed by atoms with E-state index in [1.54, 1.807) is 12.5 Å². The van der Waals surface area contributed by atoms with Crippen LogP contribution in [0, 0.1) is 11.8 Å². The number of aromatic nitrogens is 2. The van der Waals surface area contributed by atoms with Gasteiger partial charge in [0.15, 0.2) is 0 Å². The van der Waals surface area contributed by atoms with Gasteiger partial charge in [0.25, 0.3) is 11.8 Å². The van der Waals surface area contributed by atoms with E-state index >= 15 is 0 Å². The van der Waals surface area contributed by atoms with Crippen LogP contribution in [-0.4, -0.2) is 44.5 Å². The standard InChI is InChI=1S/C42H51ClN4O4/c1-29(2)9-7-20-42(4)36-18-12-30(3)50-39(36)35-25-33(17-19-38(35)51-42)40(48)45-26-31-13-15-32(16-14-31)41(49)47(23-8-22-46-24-21-44-28-46)27-34-10-5-6-11-37(34)43/h5-6,10-11,13-17,19,21,24-25,28-30,36,39H,7-9,12,18,20,22-23,26-27H2,1-4H3,(H,45,48)/t30-,36-,39+,42+/m1/s1. The smallest absolute Gasteiger partial charge is 0.254 e. The molecule has 51 heavy (non-hydrogen) atoms. The SMILES string of the molecule is CC(C)CCC[C@]1(C)Oc2ccc(C(=O)NCc3ccc(C(=O)N(CCCn4ccnc4)Cc4ccccc4Cl)cc3)cc2[C@@H]2O[C@H](C)CC[C@H]21. The Morgan fingerprint density at radius 2 is 1.84 bits per heavy atom. The van der Waals surface area contributed by atoms with Crippen molar-refractivity contribution in [2.24, 2.45) is 11.8 Å². The second-order valence-corrected chi connectivity index (χ2v) is 15.3. The number of imidazole rings is 1. The van der Waals surface area contributed by atoms with E-state index in [1.165, 1.54) is 6.42 Å². The summed E-state index contributed by atoms with van der Waals surface area (Å²) in [5.41, 5.74) is 3.64. The van der Waals surface area contributed by atoms with Crippen LogP contribution in [0.5, 0.6) is 5.75 Å². The van der Waals surface area contributed by atoms with Crippen LogP contribution < -0.4 is 10.1 Å². The van der Waals surface area contributed by atoms with E-state index in [0.717, 1.165) is 61.1 Å². The summed E-state index contributed by atoms with van der Waals surface area (Å²) in [6.45, 7) is 11.0. The minimum absolute atomic E-state index is 0.0685. The molecule has 3 aromatic carbocycles. The van der Waals surface area contributed by atoms with Crippen LogP contribution in [0.4, 0.5) is 0 Å². The maximum absolute atomic E-state index is 13.7. The average Bonchev–Trinajstić information content (AvgIpc) is 3.64. The molecule has 1 aromatic heterocycles. The van der Waals surface area contributed by atoms with Gasteiger partial charge in [0.2, 0.25) is 0 Å². The van der Waals surface area contributed by atoms with Gasteiger partial charge in [-0.1, -0.05) is 62.2 Å². The Balaban J connectivity index is 1.10. The molecule has 4 atom stereocenters. The minimum atomic E-state index is -0.295. The summed E-state index contributed by atoms with van der Waals surface area (Å²) in [4.78, 5) is 33.1. The summed E-state index contributed by atoms with van der Waals surface area (Å²) < 4.78 is 15.3. The van der Waals surface area contributed by atoms with Crippen molar-refractivity contribution in [2.45, 2.75) is 104 Å². The first-order chi connectivity index (χ1) is 24.6. The predicted octanol–water partition coefficient (Wildman–Crippen LogP) is 9.03. The third-order valence-electron chi connectivity index (χ3n) is 10.5. The molecule has 0 bridgehead atoms. The molecule has 0 saturated carbocycles. The molecule has 0 radical (unpaired) electrons. The van der Waals surface area contributed by atoms with Crippen LogP contribution in [0.25, 0.3) is 0 Å². The van der Waals surface area contributed by atoms with Crippen LogP contribution >= 0.6 is 11.6 Å². The molecular weight excluding hydrogens is 660 g/mol. The Kier molecular flexibility index (Phi) is 11.8. The molecule has 9 heteroatoms. The van der Waals surface area contributed by atoms with Gasteiger partial charge in [-0.3, -0.25) is 9.59 Å². The van der Waals surface area contributed by atoms with E-state index in [2.05, 4.69) is 38.0 Å². The van der Waals surface area contributed by atoms with Crippen molar-refractivity contribution in [3.8, 4) is 5.75 Å². The number of amides is 2. The highest BCUT2D eigenvalue weighted by molar-refractivity contribution is 6.31. The number of aryl methyl sites for hydroxylation is 1. The number of halogens is 1. The van der Waals surface area contributed by atoms with Crippen molar-refractivity contribution < 1.29 is 19.1 Å². The highest BCUT2D eigenvalue weighted by Gasteiger charge is 2.49. The Hall–Kier alpha value is -4.14. The number of carbonyl (C=O) groups excluding carboxylic acids is 2. The summed E-state index contributed by atoms with van der Waals surface area (Å²) in [7, 11) is 0. The van der Waals surface area contributed by atoms with Crippen molar-refractivity contribution in [1.29, 1.82) is 0 Å². The quantitative estimate of drug-likeness (QED) is 0.141. The number of hydrogen-bond acceptors (Lipinski definition) is 5. The van der Waals surface area contributed by atoms with Gasteiger partial charge in [0.05, 0.1) is 18.5 Å². The Morgan fingerprint density at radius 1 is 1.06 bits per heavy atom. The first kappa shape index (κ1) is 36.6. The molecule has 8 nitrogen and oxygen atoms in total. The Labute approximate surface area is 307 Å². The minimum Gasteiger partial charge on any atom is -0.487 e. The van der Waals surface area contributed by atoms with Crippen LogP contribution in [0.1, 0.15) is 110 Å². The van der Waals surface area contributed by atoms with E-state index in [9.17, 15) is 9.59 Å². The number of hydrogen-bond donors (Lipinski definition) is 1. The number of ether oxygens (including phenoxy) is 2. The Morgan fingerprint density at radius 3 is 2.59 bits per heavy atom. The number of carbonyl (C=O) groups is 2. The molecule has 3 heterocycles. The molecule has 1 N–H and O–H groups in total. The zero-order chi connectivity index (χ0) is 36.0. The molecule has 2 aliphatic rings. The van der Waals surface area contributed by atoms with E-state index in [-0.39, 0.29) is 35.5 Å². The normalized spacial score (nSPS) is 21.0. The lowest BCUT2D eigenvalue weighted by Crippen LogP contribution is -2.50. The van der Waals surface area contributed by atoms with E-state index in [0.29, 0.717) is 41.7 Å². The fourth-order valence-corrected chi connectivity index (χ4v) is 7.70. The highest BCUT2D eigenvalue weighted by Crippen LogP contribution is 2.52. The lowest BCUT2D eigenvalue weighted by molar-refractivity contribution is -0.152. The van der Waals surface area contributed by atoms with Gasteiger partial charge in [-0.25, -0.2) is 4.98 Å². The van der Waals surface area contributed by atoms with E-state index in [4.69, 9.17) is 21.1 Å². The number of nitrogens with one attached hydrogen (secondary N) is 1.